The lowest BCUT2D eigenvalue weighted by molar-refractivity contribution is -0.131. The maximum Gasteiger partial charge on any atom is 0.236 e. The van der Waals surface area contributed by atoms with Crippen LogP contribution in [-0.4, -0.2) is 43.5 Å². The number of methoxy groups -OCH3 is 1. The first-order chi connectivity index (χ1) is 15.0. The molecule has 1 atom stereocenters. The Morgan fingerprint density at radius 2 is 1.77 bits per heavy atom. The van der Waals surface area contributed by atoms with E-state index in [2.05, 4.69) is 23.3 Å². The second kappa shape index (κ2) is 11.0. The zero-order valence-electron chi connectivity index (χ0n) is 18.6. The highest BCUT2D eigenvalue weighted by atomic mass is 32.1. The number of rotatable bonds is 10. The van der Waals surface area contributed by atoms with Crippen molar-refractivity contribution in [2.75, 3.05) is 27.7 Å². The summed E-state index contributed by atoms with van der Waals surface area (Å²) in [6.07, 6.45) is 0. The first kappa shape index (κ1) is 22.8. The lowest BCUT2D eigenvalue weighted by Gasteiger charge is -2.26. The summed E-state index contributed by atoms with van der Waals surface area (Å²) >= 11 is 1.71. The van der Waals surface area contributed by atoms with Crippen molar-refractivity contribution in [1.82, 2.24) is 9.80 Å². The molecule has 164 valence electrons. The van der Waals surface area contributed by atoms with E-state index in [1.807, 2.05) is 68.7 Å². The molecule has 1 heterocycles. The molecule has 0 radical (unpaired) electrons. The van der Waals surface area contributed by atoms with Gasteiger partial charge in [0.05, 0.1) is 13.7 Å². The monoisotopic (exact) mass is 438 g/mol. The van der Waals surface area contributed by atoms with Crippen LogP contribution in [0, 0.1) is 0 Å². The van der Waals surface area contributed by atoms with Crippen LogP contribution in [0.25, 0.3) is 0 Å². The molecular formula is C25H30N2O3S. The van der Waals surface area contributed by atoms with Crippen molar-refractivity contribution < 1.29 is 14.3 Å². The fraction of sp³-hybridized carbons (Fsp3) is 0.320. The van der Waals surface area contributed by atoms with Gasteiger partial charge in [-0.2, -0.15) is 0 Å². The number of hydrogen-bond donors (Lipinski definition) is 0. The average molecular weight is 439 g/mol. The molecule has 31 heavy (non-hydrogen) atoms. The average Bonchev–Trinajstić information content (AvgIpc) is 3.33. The normalized spacial score (nSPS) is 11.9. The van der Waals surface area contributed by atoms with Gasteiger partial charge in [-0.05, 0) is 48.7 Å². The lowest BCUT2D eigenvalue weighted by atomic mass is 10.2. The summed E-state index contributed by atoms with van der Waals surface area (Å²) in [5, 5.41) is 2.06. The summed E-state index contributed by atoms with van der Waals surface area (Å²) < 4.78 is 11.4. The zero-order valence-corrected chi connectivity index (χ0v) is 19.4. The van der Waals surface area contributed by atoms with Gasteiger partial charge in [0.15, 0.2) is 11.5 Å². The second-order valence-corrected chi connectivity index (χ2v) is 8.60. The van der Waals surface area contributed by atoms with Crippen LogP contribution in [0.3, 0.4) is 0 Å². The van der Waals surface area contributed by atoms with Crippen LogP contribution in [0.4, 0.5) is 0 Å². The Morgan fingerprint density at radius 3 is 2.45 bits per heavy atom. The minimum Gasteiger partial charge on any atom is -0.493 e. The smallest absolute Gasteiger partial charge is 0.236 e. The summed E-state index contributed by atoms with van der Waals surface area (Å²) in [6, 6.07) is 20.2. The molecule has 1 unspecified atom stereocenters. The van der Waals surface area contributed by atoms with Crippen LogP contribution < -0.4 is 9.47 Å². The molecule has 1 aromatic heterocycles. The molecule has 1 amide bonds. The molecular weight excluding hydrogens is 408 g/mol. The number of likely N-dealkylation sites (N-methyl/N-ethyl adjacent to an activating group) is 2. The van der Waals surface area contributed by atoms with E-state index in [4.69, 9.17) is 9.47 Å². The summed E-state index contributed by atoms with van der Waals surface area (Å²) in [5.41, 5.74) is 2.09. The molecule has 0 aliphatic carbocycles. The molecule has 0 saturated carbocycles. The van der Waals surface area contributed by atoms with E-state index in [1.54, 1.807) is 23.3 Å². The number of benzene rings is 2. The number of nitrogens with zero attached hydrogens (tertiary/aromatic N) is 2. The minimum atomic E-state index is 0.0780. The standard InChI is InChI=1S/C25H30N2O3S/c1-19(24-11-8-14-31-24)26(2)17-25(28)27(3)16-21-12-13-22(23(15-21)29-4)30-18-20-9-6-5-7-10-20/h5-15,19H,16-18H2,1-4H3. The van der Waals surface area contributed by atoms with E-state index in [-0.39, 0.29) is 11.9 Å². The first-order valence-electron chi connectivity index (χ1n) is 10.3. The van der Waals surface area contributed by atoms with E-state index in [1.165, 1.54) is 4.88 Å². The highest BCUT2D eigenvalue weighted by Crippen LogP contribution is 2.29. The van der Waals surface area contributed by atoms with Crippen LogP contribution in [0.5, 0.6) is 11.5 Å². The van der Waals surface area contributed by atoms with Crippen LogP contribution >= 0.6 is 11.3 Å². The highest BCUT2D eigenvalue weighted by Gasteiger charge is 2.18. The molecule has 0 spiro atoms. The molecule has 0 N–H and O–H groups in total. The number of carbonyl (C=O) groups is 1. The molecule has 3 rings (SSSR count). The molecule has 5 nitrogen and oxygen atoms in total. The number of hydrogen-bond acceptors (Lipinski definition) is 5. The minimum absolute atomic E-state index is 0.0780. The van der Waals surface area contributed by atoms with Gasteiger partial charge in [-0.1, -0.05) is 42.5 Å². The molecule has 0 saturated heterocycles. The number of ether oxygens (including phenoxy) is 2. The zero-order chi connectivity index (χ0) is 22.2. The Bertz CT molecular complexity index is 960. The Kier molecular flexibility index (Phi) is 8.09. The molecule has 6 heteroatoms. The molecule has 2 aromatic carbocycles. The van der Waals surface area contributed by atoms with Crippen molar-refractivity contribution in [3.05, 3.63) is 82.0 Å². The van der Waals surface area contributed by atoms with Gasteiger partial charge in [0.25, 0.3) is 0 Å². The number of thiophene rings is 1. The highest BCUT2D eigenvalue weighted by molar-refractivity contribution is 7.10. The Morgan fingerprint density at radius 1 is 1.00 bits per heavy atom. The van der Waals surface area contributed by atoms with Gasteiger partial charge >= 0.3 is 0 Å². The second-order valence-electron chi connectivity index (χ2n) is 7.62. The van der Waals surface area contributed by atoms with Crippen LogP contribution in [0.2, 0.25) is 0 Å². The Labute approximate surface area is 188 Å². The number of amides is 1. The van der Waals surface area contributed by atoms with Gasteiger partial charge in [-0.3, -0.25) is 9.69 Å². The van der Waals surface area contributed by atoms with Gasteiger partial charge in [0.1, 0.15) is 6.61 Å². The van der Waals surface area contributed by atoms with Crippen molar-refractivity contribution in [1.29, 1.82) is 0 Å². The van der Waals surface area contributed by atoms with E-state index in [0.29, 0.717) is 31.2 Å². The van der Waals surface area contributed by atoms with Crippen molar-refractivity contribution >= 4 is 17.2 Å². The summed E-state index contributed by atoms with van der Waals surface area (Å²) in [4.78, 5) is 17.8. The molecule has 0 aliphatic heterocycles. The summed E-state index contributed by atoms with van der Waals surface area (Å²) in [5.74, 6) is 1.43. The van der Waals surface area contributed by atoms with Gasteiger partial charge in [0.2, 0.25) is 5.91 Å². The van der Waals surface area contributed by atoms with E-state index >= 15 is 0 Å². The van der Waals surface area contributed by atoms with Crippen molar-refractivity contribution in [3.8, 4) is 11.5 Å². The summed E-state index contributed by atoms with van der Waals surface area (Å²) in [7, 11) is 5.45. The van der Waals surface area contributed by atoms with Crippen molar-refractivity contribution in [2.45, 2.75) is 26.1 Å². The predicted molar refractivity (Wildman–Crippen MR) is 126 cm³/mol. The van der Waals surface area contributed by atoms with Gasteiger partial charge < -0.3 is 14.4 Å². The predicted octanol–water partition coefficient (Wildman–Crippen LogP) is 4.99. The topological polar surface area (TPSA) is 42.0 Å². The first-order valence-corrected chi connectivity index (χ1v) is 11.2. The van der Waals surface area contributed by atoms with Crippen molar-refractivity contribution in [3.63, 3.8) is 0 Å². The van der Waals surface area contributed by atoms with Crippen LogP contribution in [0.1, 0.15) is 29.0 Å². The molecule has 3 aromatic rings. The maximum atomic E-state index is 12.7. The van der Waals surface area contributed by atoms with Crippen molar-refractivity contribution in [2.24, 2.45) is 0 Å². The quantitative estimate of drug-likeness (QED) is 0.447. The fourth-order valence-electron chi connectivity index (χ4n) is 3.24. The third-order valence-electron chi connectivity index (χ3n) is 5.31. The van der Waals surface area contributed by atoms with Gasteiger partial charge in [0, 0.05) is 24.5 Å². The van der Waals surface area contributed by atoms with E-state index < -0.39 is 0 Å². The van der Waals surface area contributed by atoms with E-state index in [9.17, 15) is 4.79 Å². The van der Waals surface area contributed by atoms with Crippen LogP contribution in [-0.2, 0) is 17.9 Å². The third-order valence-corrected chi connectivity index (χ3v) is 6.35. The van der Waals surface area contributed by atoms with Gasteiger partial charge in [-0.15, -0.1) is 11.3 Å². The largest absolute Gasteiger partial charge is 0.493 e. The maximum absolute atomic E-state index is 12.7. The SMILES string of the molecule is COc1cc(CN(C)C(=O)CN(C)C(C)c2cccs2)ccc1OCc1ccccc1. The Hall–Kier alpha value is -2.83. The summed E-state index contributed by atoms with van der Waals surface area (Å²) in [6.45, 7) is 3.47. The lowest BCUT2D eigenvalue weighted by Crippen LogP contribution is -2.37. The molecule has 0 aliphatic rings. The third kappa shape index (κ3) is 6.32. The van der Waals surface area contributed by atoms with Crippen LogP contribution in [0.15, 0.2) is 66.0 Å². The molecule has 0 bridgehead atoms. The van der Waals surface area contributed by atoms with Gasteiger partial charge in [-0.25, -0.2) is 0 Å². The number of carbonyl (C=O) groups excluding carboxylic acids is 1. The Balaban J connectivity index is 1.57. The molecule has 0 fully saturated rings. The fourth-order valence-corrected chi connectivity index (χ4v) is 4.09. The van der Waals surface area contributed by atoms with E-state index in [0.717, 1.165) is 11.1 Å².